The molecular weight excluding hydrogens is 314 g/mol. The molecule has 0 unspecified atom stereocenters. The van der Waals surface area contributed by atoms with Gasteiger partial charge in [-0.05, 0) is 60.2 Å². The van der Waals surface area contributed by atoms with Crippen molar-refractivity contribution >= 4 is 23.5 Å². The molecule has 0 spiro atoms. The predicted molar refractivity (Wildman–Crippen MR) is 98.4 cm³/mol. The molecule has 0 saturated carbocycles. The highest BCUT2D eigenvalue weighted by atomic mass is 16.4. The summed E-state index contributed by atoms with van der Waals surface area (Å²) in [6.45, 7) is 0. The second-order valence-electron chi connectivity index (χ2n) is 5.93. The summed E-state index contributed by atoms with van der Waals surface area (Å²) in [4.78, 5) is 22.6. The average molecular weight is 333 g/mol. The molecule has 3 rings (SSSR count). The van der Waals surface area contributed by atoms with Crippen LogP contribution in [0.5, 0.6) is 0 Å². The van der Waals surface area contributed by atoms with Crippen molar-refractivity contribution in [2.24, 2.45) is 0 Å². The molecule has 1 aliphatic rings. The Balaban J connectivity index is 1.96. The average Bonchev–Trinajstić information content (AvgIpc) is 2.67. The van der Waals surface area contributed by atoms with E-state index in [-0.39, 0.29) is 5.56 Å². The Morgan fingerprint density at radius 2 is 1.72 bits per heavy atom. The Morgan fingerprint density at radius 3 is 2.36 bits per heavy atom. The van der Waals surface area contributed by atoms with Crippen molar-refractivity contribution in [3.8, 4) is 0 Å². The lowest BCUT2D eigenvalue weighted by Crippen LogP contribution is -2.06. The molecule has 0 atom stereocenters. The number of carbonyl (C=O) groups excluding carboxylic acids is 1. The van der Waals surface area contributed by atoms with Crippen molar-refractivity contribution in [2.75, 3.05) is 5.32 Å². The fraction of sp³-hybridized carbons (Fsp3) is 0.143. The van der Waals surface area contributed by atoms with Crippen LogP contribution in [0.3, 0.4) is 0 Å². The molecule has 0 heterocycles. The van der Waals surface area contributed by atoms with Crippen molar-refractivity contribution in [1.82, 2.24) is 0 Å². The Labute approximate surface area is 146 Å². The summed E-state index contributed by atoms with van der Waals surface area (Å²) in [6.07, 6.45) is 5.39. The van der Waals surface area contributed by atoms with Crippen molar-refractivity contribution in [3.63, 3.8) is 0 Å². The Morgan fingerprint density at radius 1 is 1.00 bits per heavy atom. The monoisotopic (exact) mass is 333 g/mol. The summed E-state index contributed by atoms with van der Waals surface area (Å²) in [5, 5.41) is 12.3. The minimum atomic E-state index is -0.957. The van der Waals surface area contributed by atoms with Crippen LogP contribution in [0.15, 0.2) is 71.9 Å². The van der Waals surface area contributed by atoms with Gasteiger partial charge in [0.1, 0.15) is 6.29 Å². The fourth-order valence-electron chi connectivity index (χ4n) is 3.04. The van der Waals surface area contributed by atoms with E-state index in [1.165, 1.54) is 0 Å². The zero-order valence-corrected chi connectivity index (χ0v) is 13.7. The highest BCUT2D eigenvalue weighted by molar-refractivity contribution is 5.96. The zero-order valence-electron chi connectivity index (χ0n) is 13.7. The number of aldehydes is 1. The van der Waals surface area contributed by atoms with E-state index in [2.05, 4.69) is 5.32 Å². The van der Waals surface area contributed by atoms with Crippen LogP contribution in [0.1, 0.15) is 35.2 Å². The number of aromatic carboxylic acids is 1. The molecular formula is C21H19NO3. The lowest BCUT2D eigenvalue weighted by Gasteiger charge is -2.21. The standard InChI is InChI=1S/C21H19NO3/c23-14-18-6-4-5-17(13-22-19-7-2-1-3-8-19)20(18)15-9-11-16(12-10-15)21(24)25/h1-3,7-14,22H,4-6H2,(H,24,25). The number of anilines is 1. The molecule has 0 amide bonds. The van der Waals surface area contributed by atoms with Crippen LogP contribution in [0, 0.1) is 0 Å². The highest BCUT2D eigenvalue weighted by Gasteiger charge is 2.19. The van der Waals surface area contributed by atoms with E-state index in [1.807, 2.05) is 36.5 Å². The van der Waals surface area contributed by atoms with Gasteiger partial charge < -0.3 is 10.4 Å². The van der Waals surface area contributed by atoms with E-state index in [4.69, 9.17) is 5.11 Å². The molecule has 1 aliphatic carbocycles. The van der Waals surface area contributed by atoms with Gasteiger partial charge in [0.05, 0.1) is 5.56 Å². The number of hydrogen-bond acceptors (Lipinski definition) is 3. The van der Waals surface area contributed by atoms with Crippen LogP contribution >= 0.6 is 0 Å². The molecule has 2 aromatic rings. The summed E-state index contributed by atoms with van der Waals surface area (Å²) >= 11 is 0. The third-order valence-corrected chi connectivity index (χ3v) is 4.28. The first-order valence-corrected chi connectivity index (χ1v) is 8.22. The van der Waals surface area contributed by atoms with Crippen LogP contribution in [0.2, 0.25) is 0 Å². The van der Waals surface area contributed by atoms with Gasteiger partial charge in [0.2, 0.25) is 0 Å². The SMILES string of the molecule is O=CC1=C(c2ccc(C(=O)O)cc2)C(=CNc2ccccc2)CCC1. The lowest BCUT2D eigenvalue weighted by atomic mass is 9.84. The topological polar surface area (TPSA) is 66.4 Å². The van der Waals surface area contributed by atoms with Gasteiger partial charge in [-0.25, -0.2) is 4.79 Å². The van der Waals surface area contributed by atoms with E-state index in [9.17, 15) is 9.59 Å². The largest absolute Gasteiger partial charge is 0.478 e. The Kier molecular flexibility index (Phi) is 5.09. The second-order valence-corrected chi connectivity index (χ2v) is 5.93. The minimum absolute atomic E-state index is 0.237. The predicted octanol–water partition coefficient (Wildman–Crippen LogP) is 4.52. The molecule has 0 aromatic heterocycles. The van der Waals surface area contributed by atoms with Crippen LogP contribution < -0.4 is 5.32 Å². The van der Waals surface area contributed by atoms with Gasteiger partial charge in [-0.3, -0.25) is 4.79 Å². The third kappa shape index (κ3) is 3.86. The number of carboxylic acids is 1. The number of rotatable bonds is 5. The molecule has 0 aliphatic heterocycles. The number of carboxylic acid groups (broad SMARTS) is 1. The molecule has 0 fully saturated rings. The van der Waals surface area contributed by atoms with Gasteiger partial charge in [0.25, 0.3) is 0 Å². The molecule has 25 heavy (non-hydrogen) atoms. The number of carbonyl (C=O) groups is 2. The number of hydrogen-bond donors (Lipinski definition) is 2. The van der Waals surface area contributed by atoms with E-state index in [0.29, 0.717) is 0 Å². The summed E-state index contributed by atoms with van der Waals surface area (Å²) < 4.78 is 0. The molecule has 0 saturated heterocycles. The third-order valence-electron chi connectivity index (χ3n) is 4.28. The molecule has 4 heteroatoms. The van der Waals surface area contributed by atoms with Crippen LogP contribution in [0.4, 0.5) is 5.69 Å². The van der Waals surface area contributed by atoms with Gasteiger partial charge in [-0.15, -0.1) is 0 Å². The molecule has 2 aromatic carbocycles. The Hall–Kier alpha value is -3.14. The normalized spacial score (nSPS) is 15.9. The first-order chi connectivity index (χ1) is 12.2. The molecule has 0 radical (unpaired) electrons. The maximum absolute atomic E-state index is 11.5. The van der Waals surface area contributed by atoms with E-state index in [1.54, 1.807) is 24.3 Å². The molecule has 2 N–H and O–H groups in total. The van der Waals surface area contributed by atoms with Crippen LogP contribution in [0.25, 0.3) is 5.57 Å². The van der Waals surface area contributed by atoms with Gasteiger partial charge in [-0.1, -0.05) is 30.3 Å². The smallest absolute Gasteiger partial charge is 0.335 e. The second kappa shape index (κ2) is 7.62. The zero-order chi connectivity index (χ0) is 17.6. The summed E-state index contributed by atoms with van der Waals surface area (Å²) in [6, 6.07) is 16.5. The summed E-state index contributed by atoms with van der Waals surface area (Å²) in [5.74, 6) is -0.957. The van der Waals surface area contributed by atoms with Crippen LogP contribution in [-0.4, -0.2) is 17.4 Å². The summed E-state index contributed by atoms with van der Waals surface area (Å²) in [7, 11) is 0. The highest BCUT2D eigenvalue weighted by Crippen LogP contribution is 2.36. The van der Waals surface area contributed by atoms with Crippen molar-refractivity contribution < 1.29 is 14.7 Å². The quantitative estimate of drug-likeness (QED) is 0.790. The Bertz CT molecular complexity index is 833. The van der Waals surface area contributed by atoms with E-state index < -0.39 is 5.97 Å². The van der Waals surface area contributed by atoms with Crippen LogP contribution in [-0.2, 0) is 4.79 Å². The van der Waals surface area contributed by atoms with Gasteiger partial charge in [0.15, 0.2) is 0 Å². The first kappa shape index (κ1) is 16.7. The fourth-order valence-corrected chi connectivity index (χ4v) is 3.04. The molecule has 126 valence electrons. The number of para-hydroxylation sites is 1. The maximum atomic E-state index is 11.5. The van der Waals surface area contributed by atoms with E-state index >= 15 is 0 Å². The van der Waals surface area contributed by atoms with Gasteiger partial charge in [0, 0.05) is 17.5 Å². The molecule has 0 bridgehead atoms. The summed E-state index contributed by atoms with van der Waals surface area (Å²) in [5.41, 5.74) is 4.81. The van der Waals surface area contributed by atoms with Crippen molar-refractivity contribution in [2.45, 2.75) is 19.3 Å². The number of benzene rings is 2. The lowest BCUT2D eigenvalue weighted by molar-refractivity contribution is -0.105. The number of nitrogens with one attached hydrogen (secondary N) is 1. The number of allylic oxidation sites excluding steroid dienone is 3. The van der Waals surface area contributed by atoms with E-state index in [0.717, 1.165) is 53.5 Å². The van der Waals surface area contributed by atoms with Crippen molar-refractivity contribution in [1.29, 1.82) is 0 Å². The van der Waals surface area contributed by atoms with Gasteiger partial charge >= 0.3 is 5.97 Å². The maximum Gasteiger partial charge on any atom is 0.335 e. The van der Waals surface area contributed by atoms with Gasteiger partial charge in [-0.2, -0.15) is 0 Å². The first-order valence-electron chi connectivity index (χ1n) is 8.22. The molecule has 4 nitrogen and oxygen atoms in total. The van der Waals surface area contributed by atoms with Crippen molar-refractivity contribution in [3.05, 3.63) is 83.1 Å². The minimum Gasteiger partial charge on any atom is -0.478 e.